The van der Waals surface area contributed by atoms with Crippen LogP contribution in [0.1, 0.15) is 35.3 Å². The number of aryl methyl sites for hydroxylation is 1. The molecule has 1 aromatic rings. The van der Waals surface area contributed by atoms with E-state index in [1.807, 2.05) is 13.8 Å². The molecule has 0 bridgehead atoms. The lowest BCUT2D eigenvalue weighted by atomic mass is 9.95. The van der Waals surface area contributed by atoms with E-state index in [2.05, 4.69) is 0 Å². The number of carboxylic acid groups (broad SMARTS) is 1. The molecule has 0 unspecified atom stereocenters. The highest BCUT2D eigenvalue weighted by molar-refractivity contribution is 5.94. The molecule has 0 radical (unpaired) electrons. The second-order valence-corrected chi connectivity index (χ2v) is 3.27. The van der Waals surface area contributed by atoms with Gasteiger partial charge < -0.3 is 15.3 Å². The molecule has 4 nitrogen and oxygen atoms in total. The van der Waals surface area contributed by atoms with Gasteiger partial charge in [0.2, 0.25) is 0 Å². The topological polar surface area (TPSA) is 77.8 Å². The Kier molecular flexibility index (Phi) is 3.19. The summed E-state index contributed by atoms with van der Waals surface area (Å²) in [5.74, 6) is -2.13. The Hall–Kier alpha value is -1.71. The number of carboxylic acids is 1. The van der Waals surface area contributed by atoms with Crippen molar-refractivity contribution in [2.75, 3.05) is 0 Å². The lowest BCUT2D eigenvalue weighted by molar-refractivity contribution is 0.0691. The molecule has 1 rings (SSSR count). The number of aromatic carboxylic acids is 1. The summed E-state index contributed by atoms with van der Waals surface area (Å²) in [6, 6.07) is 1.42. The highest BCUT2D eigenvalue weighted by Crippen LogP contribution is 2.34. The number of aromatic hydroxyl groups is 2. The second-order valence-electron chi connectivity index (χ2n) is 3.27. The van der Waals surface area contributed by atoms with E-state index in [9.17, 15) is 15.0 Å². The molecule has 0 saturated carbocycles. The van der Waals surface area contributed by atoms with Crippen LogP contribution in [0.4, 0.5) is 0 Å². The molecule has 0 spiro atoms. The Morgan fingerprint density at radius 3 is 2.27 bits per heavy atom. The monoisotopic (exact) mass is 210 g/mol. The number of hydrogen-bond donors (Lipinski definition) is 3. The van der Waals surface area contributed by atoms with Crippen molar-refractivity contribution in [1.29, 1.82) is 0 Å². The van der Waals surface area contributed by atoms with E-state index >= 15 is 0 Å². The maximum atomic E-state index is 11.0. The molecule has 1 aromatic carbocycles. The maximum absolute atomic E-state index is 11.0. The first kappa shape index (κ1) is 11.4. The van der Waals surface area contributed by atoms with Crippen LogP contribution in [-0.2, 0) is 12.8 Å². The molecule has 0 amide bonds. The van der Waals surface area contributed by atoms with Gasteiger partial charge in [0.25, 0.3) is 0 Å². The maximum Gasteiger partial charge on any atom is 0.339 e. The normalized spacial score (nSPS) is 10.3. The number of phenols is 2. The van der Waals surface area contributed by atoms with Crippen LogP contribution in [0, 0.1) is 0 Å². The fourth-order valence-corrected chi connectivity index (χ4v) is 1.70. The van der Waals surface area contributed by atoms with Gasteiger partial charge in [0.15, 0.2) is 11.5 Å². The van der Waals surface area contributed by atoms with Crippen molar-refractivity contribution >= 4 is 5.97 Å². The summed E-state index contributed by atoms with van der Waals surface area (Å²) in [6.45, 7) is 3.69. The van der Waals surface area contributed by atoms with Gasteiger partial charge >= 0.3 is 5.97 Å². The van der Waals surface area contributed by atoms with Gasteiger partial charge in [0.1, 0.15) is 5.56 Å². The van der Waals surface area contributed by atoms with Crippen molar-refractivity contribution in [3.05, 3.63) is 22.8 Å². The molecule has 0 fully saturated rings. The Labute approximate surface area is 87.8 Å². The van der Waals surface area contributed by atoms with Gasteiger partial charge in [-0.05, 0) is 30.0 Å². The number of hydrogen-bond acceptors (Lipinski definition) is 3. The first-order valence-electron chi connectivity index (χ1n) is 4.82. The predicted molar refractivity (Wildman–Crippen MR) is 55.5 cm³/mol. The fraction of sp³-hybridized carbons (Fsp3) is 0.364. The van der Waals surface area contributed by atoms with Crippen LogP contribution in [-0.4, -0.2) is 21.3 Å². The lowest BCUT2D eigenvalue weighted by Crippen LogP contribution is -2.05. The average Bonchev–Trinajstić information content (AvgIpc) is 2.20. The van der Waals surface area contributed by atoms with Crippen LogP contribution in [0.3, 0.4) is 0 Å². The summed E-state index contributed by atoms with van der Waals surface area (Å²) in [5, 5.41) is 27.8. The largest absolute Gasteiger partial charge is 0.504 e. The molecule has 4 heteroatoms. The molecule has 82 valence electrons. The Balaban J connectivity index is 3.56. The molecule has 0 aliphatic heterocycles. The van der Waals surface area contributed by atoms with Gasteiger partial charge in [0, 0.05) is 0 Å². The summed E-state index contributed by atoms with van der Waals surface area (Å²) in [7, 11) is 0. The summed E-state index contributed by atoms with van der Waals surface area (Å²) in [4.78, 5) is 11.0. The van der Waals surface area contributed by atoms with E-state index < -0.39 is 11.7 Å². The van der Waals surface area contributed by atoms with E-state index in [-0.39, 0.29) is 11.3 Å². The summed E-state index contributed by atoms with van der Waals surface area (Å²) in [6.07, 6.45) is 1.13. The quantitative estimate of drug-likeness (QED) is 0.666. The van der Waals surface area contributed by atoms with Crippen LogP contribution >= 0.6 is 0 Å². The minimum Gasteiger partial charge on any atom is -0.504 e. The predicted octanol–water partition coefficient (Wildman–Crippen LogP) is 1.92. The lowest BCUT2D eigenvalue weighted by Gasteiger charge is -2.12. The molecular weight excluding hydrogens is 196 g/mol. The van der Waals surface area contributed by atoms with Crippen molar-refractivity contribution < 1.29 is 20.1 Å². The molecule has 3 N–H and O–H groups in total. The molecule has 0 aliphatic rings. The molecule has 0 aliphatic carbocycles. The van der Waals surface area contributed by atoms with Gasteiger partial charge in [-0.25, -0.2) is 4.79 Å². The van der Waals surface area contributed by atoms with Gasteiger partial charge in [-0.1, -0.05) is 13.8 Å². The first-order valence-corrected chi connectivity index (χ1v) is 4.82. The second kappa shape index (κ2) is 4.21. The summed E-state index contributed by atoms with van der Waals surface area (Å²) < 4.78 is 0. The number of carbonyl (C=O) groups is 1. The molecular formula is C11H14O4. The SMILES string of the molecule is CCc1cc(O)c(O)c(C(=O)O)c1CC. The van der Waals surface area contributed by atoms with Gasteiger partial charge in [0.05, 0.1) is 0 Å². The number of rotatable bonds is 3. The molecule has 15 heavy (non-hydrogen) atoms. The van der Waals surface area contributed by atoms with Crippen LogP contribution in [0.2, 0.25) is 0 Å². The highest BCUT2D eigenvalue weighted by atomic mass is 16.4. The third kappa shape index (κ3) is 1.88. The van der Waals surface area contributed by atoms with Gasteiger partial charge in [-0.3, -0.25) is 0 Å². The minimum absolute atomic E-state index is 0.186. The van der Waals surface area contributed by atoms with Crippen molar-refractivity contribution in [3.63, 3.8) is 0 Å². The zero-order valence-corrected chi connectivity index (χ0v) is 8.74. The van der Waals surface area contributed by atoms with Crippen LogP contribution in [0.25, 0.3) is 0 Å². The number of phenolic OH excluding ortho intramolecular Hbond substituents is 1. The molecule has 0 atom stereocenters. The van der Waals surface area contributed by atoms with Gasteiger partial charge in [-0.2, -0.15) is 0 Å². The fourth-order valence-electron chi connectivity index (χ4n) is 1.70. The van der Waals surface area contributed by atoms with Crippen molar-refractivity contribution in [2.45, 2.75) is 26.7 Å². The molecule has 0 saturated heterocycles. The zero-order valence-electron chi connectivity index (χ0n) is 8.74. The third-order valence-electron chi connectivity index (χ3n) is 2.43. The smallest absolute Gasteiger partial charge is 0.339 e. The van der Waals surface area contributed by atoms with E-state index in [0.29, 0.717) is 18.4 Å². The van der Waals surface area contributed by atoms with Crippen LogP contribution in [0.5, 0.6) is 11.5 Å². The van der Waals surface area contributed by atoms with Crippen molar-refractivity contribution in [3.8, 4) is 11.5 Å². The van der Waals surface area contributed by atoms with Gasteiger partial charge in [-0.15, -0.1) is 0 Å². The van der Waals surface area contributed by atoms with Crippen LogP contribution in [0.15, 0.2) is 6.07 Å². The van der Waals surface area contributed by atoms with Crippen LogP contribution < -0.4 is 0 Å². The van der Waals surface area contributed by atoms with E-state index in [1.165, 1.54) is 6.07 Å². The Morgan fingerprint density at radius 2 is 1.87 bits per heavy atom. The van der Waals surface area contributed by atoms with Crippen molar-refractivity contribution in [2.24, 2.45) is 0 Å². The summed E-state index contributed by atoms with van der Waals surface area (Å²) >= 11 is 0. The van der Waals surface area contributed by atoms with E-state index in [0.717, 1.165) is 5.56 Å². The zero-order chi connectivity index (χ0) is 11.6. The standard InChI is InChI=1S/C11H14O4/c1-3-6-5-8(12)10(13)9(11(14)15)7(6)4-2/h5,12-13H,3-4H2,1-2H3,(H,14,15). The average molecular weight is 210 g/mol. The first-order chi connectivity index (χ1) is 7.02. The molecule has 0 aromatic heterocycles. The van der Waals surface area contributed by atoms with E-state index in [4.69, 9.17) is 5.11 Å². The molecule has 0 heterocycles. The summed E-state index contributed by atoms with van der Waals surface area (Å²) in [5.41, 5.74) is 1.15. The Bertz CT molecular complexity index is 396. The van der Waals surface area contributed by atoms with E-state index in [1.54, 1.807) is 0 Å². The number of benzene rings is 1. The van der Waals surface area contributed by atoms with Crippen molar-refractivity contribution in [1.82, 2.24) is 0 Å². The highest BCUT2D eigenvalue weighted by Gasteiger charge is 2.20. The minimum atomic E-state index is -1.21. The third-order valence-corrected chi connectivity index (χ3v) is 2.43. The Morgan fingerprint density at radius 1 is 1.27 bits per heavy atom.